The van der Waals surface area contributed by atoms with E-state index in [0.29, 0.717) is 18.1 Å². The number of rotatable bonds is 9. The molecule has 134 valence electrons. The van der Waals surface area contributed by atoms with Crippen molar-refractivity contribution in [2.45, 2.75) is 6.42 Å². The van der Waals surface area contributed by atoms with Crippen LogP contribution in [0.3, 0.4) is 0 Å². The predicted octanol–water partition coefficient (Wildman–Crippen LogP) is -0.0978. The molecule has 2 N–H and O–H groups in total. The third kappa shape index (κ3) is 6.77. The molecule has 0 aromatic carbocycles. The number of nitrogens with one attached hydrogen (secondary N) is 2. The number of anilines is 1. The van der Waals surface area contributed by atoms with E-state index >= 15 is 0 Å². The molecule has 1 fully saturated rings. The summed E-state index contributed by atoms with van der Waals surface area (Å²) in [5, 5.41) is 6.06. The summed E-state index contributed by atoms with van der Waals surface area (Å²) >= 11 is 0. The molecule has 0 saturated carbocycles. The molecule has 0 radical (unpaired) electrons. The average molecular weight is 336 g/mol. The van der Waals surface area contributed by atoms with Gasteiger partial charge >= 0.3 is 0 Å². The van der Waals surface area contributed by atoms with Gasteiger partial charge in [0.15, 0.2) is 0 Å². The molecule has 1 aliphatic heterocycles. The molecule has 2 rings (SSSR count). The summed E-state index contributed by atoms with van der Waals surface area (Å²) in [6, 6.07) is 0. The zero-order valence-corrected chi connectivity index (χ0v) is 14.6. The summed E-state index contributed by atoms with van der Waals surface area (Å²) in [7, 11) is 4.09. The van der Waals surface area contributed by atoms with Crippen LogP contribution in [0.2, 0.25) is 0 Å². The van der Waals surface area contributed by atoms with Crippen molar-refractivity contribution in [2.24, 2.45) is 0 Å². The molecule has 0 spiro atoms. The Hall–Kier alpha value is -1.77. The number of amides is 1. The summed E-state index contributed by atoms with van der Waals surface area (Å²) < 4.78 is 5.30. The molecule has 1 amide bonds. The Morgan fingerprint density at radius 1 is 1.25 bits per heavy atom. The van der Waals surface area contributed by atoms with Gasteiger partial charge in [0.05, 0.1) is 18.8 Å². The van der Waals surface area contributed by atoms with Crippen LogP contribution in [0.1, 0.15) is 16.8 Å². The van der Waals surface area contributed by atoms with Gasteiger partial charge in [0, 0.05) is 45.1 Å². The van der Waals surface area contributed by atoms with E-state index in [4.69, 9.17) is 4.74 Å². The lowest BCUT2D eigenvalue weighted by atomic mass is 10.3. The van der Waals surface area contributed by atoms with E-state index in [-0.39, 0.29) is 5.91 Å². The molecular weight excluding hydrogens is 308 g/mol. The van der Waals surface area contributed by atoms with Crippen LogP contribution in [0, 0.1) is 0 Å². The minimum atomic E-state index is -0.137. The quantitative estimate of drug-likeness (QED) is 0.610. The maximum absolute atomic E-state index is 12.1. The summed E-state index contributed by atoms with van der Waals surface area (Å²) in [5.41, 5.74) is 0.482. The highest BCUT2D eigenvalue weighted by Gasteiger charge is 2.11. The highest BCUT2D eigenvalue weighted by Crippen LogP contribution is 2.01. The standard InChI is InChI=1S/C16H28N6O2/c1-21(2)6-3-4-18-16-19-12-14(13-20-16)15(23)17-5-7-22-8-10-24-11-9-22/h12-13H,3-11H2,1-2H3,(H,17,23)(H,18,19,20). The Kier molecular flexibility index (Phi) is 7.87. The minimum absolute atomic E-state index is 0.137. The van der Waals surface area contributed by atoms with Crippen LogP contribution in [-0.4, -0.2) is 92.3 Å². The molecule has 0 unspecified atom stereocenters. The SMILES string of the molecule is CN(C)CCCNc1ncc(C(=O)NCCN2CCOCC2)cn1. The van der Waals surface area contributed by atoms with Crippen molar-refractivity contribution in [3.05, 3.63) is 18.0 Å². The summed E-state index contributed by atoms with van der Waals surface area (Å²) in [6.45, 7) is 6.65. The maximum atomic E-state index is 12.1. The van der Waals surface area contributed by atoms with Crippen LogP contribution in [0.25, 0.3) is 0 Å². The van der Waals surface area contributed by atoms with Crippen LogP contribution in [0.15, 0.2) is 12.4 Å². The zero-order valence-electron chi connectivity index (χ0n) is 14.6. The molecule has 0 bridgehead atoms. The number of morpholine rings is 1. The van der Waals surface area contributed by atoms with E-state index in [1.807, 2.05) is 14.1 Å². The molecule has 0 atom stereocenters. The van der Waals surface area contributed by atoms with E-state index in [2.05, 4.69) is 30.4 Å². The van der Waals surface area contributed by atoms with E-state index in [1.54, 1.807) is 12.4 Å². The average Bonchev–Trinajstić information content (AvgIpc) is 2.60. The van der Waals surface area contributed by atoms with Gasteiger partial charge in [-0.1, -0.05) is 0 Å². The van der Waals surface area contributed by atoms with Gasteiger partial charge in [0.1, 0.15) is 0 Å². The molecule has 1 aromatic rings. The van der Waals surface area contributed by atoms with E-state index < -0.39 is 0 Å². The van der Waals surface area contributed by atoms with Crippen molar-refractivity contribution in [2.75, 3.05) is 71.9 Å². The number of ether oxygens (including phenoxy) is 1. The first kappa shape index (κ1) is 18.6. The molecule has 8 heteroatoms. The van der Waals surface area contributed by atoms with Crippen molar-refractivity contribution in [1.29, 1.82) is 0 Å². The minimum Gasteiger partial charge on any atom is -0.379 e. The first-order valence-corrected chi connectivity index (χ1v) is 8.44. The Balaban J connectivity index is 1.66. The number of hydrogen-bond donors (Lipinski definition) is 2. The summed E-state index contributed by atoms with van der Waals surface area (Å²) in [6.07, 6.45) is 4.14. The van der Waals surface area contributed by atoms with Crippen molar-refractivity contribution < 1.29 is 9.53 Å². The van der Waals surface area contributed by atoms with Crippen LogP contribution in [0.5, 0.6) is 0 Å². The fourth-order valence-electron chi connectivity index (χ4n) is 2.39. The van der Waals surface area contributed by atoms with Crippen LogP contribution >= 0.6 is 0 Å². The monoisotopic (exact) mass is 336 g/mol. The third-order valence-electron chi connectivity index (χ3n) is 3.80. The van der Waals surface area contributed by atoms with E-state index in [1.165, 1.54) is 0 Å². The second-order valence-corrected chi connectivity index (χ2v) is 6.09. The van der Waals surface area contributed by atoms with Gasteiger partial charge in [-0.25, -0.2) is 9.97 Å². The predicted molar refractivity (Wildman–Crippen MR) is 93.3 cm³/mol. The number of aromatic nitrogens is 2. The Morgan fingerprint density at radius 3 is 2.62 bits per heavy atom. The van der Waals surface area contributed by atoms with Crippen LogP contribution in [0.4, 0.5) is 5.95 Å². The zero-order chi connectivity index (χ0) is 17.2. The first-order chi connectivity index (χ1) is 11.6. The maximum Gasteiger partial charge on any atom is 0.254 e. The molecule has 8 nitrogen and oxygen atoms in total. The van der Waals surface area contributed by atoms with Gasteiger partial charge in [-0.05, 0) is 27.1 Å². The molecule has 24 heavy (non-hydrogen) atoms. The lowest BCUT2D eigenvalue weighted by Gasteiger charge is -2.26. The third-order valence-corrected chi connectivity index (χ3v) is 3.80. The summed E-state index contributed by atoms with van der Waals surface area (Å²) in [5.74, 6) is 0.418. The number of nitrogens with zero attached hydrogens (tertiary/aromatic N) is 4. The van der Waals surface area contributed by atoms with E-state index in [0.717, 1.165) is 52.4 Å². The first-order valence-electron chi connectivity index (χ1n) is 8.44. The van der Waals surface area contributed by atoms with Gasteiger partial charge in [-0.2, -0.15) is 0 Å². The Labute approximate surface area is 143 Å². The van der Waals surface area contributed by atoms with Crippen molar-refractivity contribution >= 4 is 11.9 Å². The Morgan fingerprint density at radius 2 is 1.96 bits per heavy atom. The highest BCUT2D eigenvalue weighted by molar-refractivity contribution is 5.93. The molecule has 2 heterocycles. The fraction of sp³-hybridized carbons (Fsp3) is 0.688. The second kappa shape index (κ2) is 10.2. The highest BCUT2D eigenvalue weighted by atomic mass is 16.5. The van der Waals surface area contributed by atoms with Crippen molar-refractivity contribution in [3.8, 4) is 0 Å². The van der Waals surface area contributed by atoms with Gasteiger partial charge in [-0.3, -0.25) is 9.69 Å². The topological polar surface area (TPSA) is 82.6 Å². The molecular formula is C16H28N6O2. The van der Waals surface area contributed by atoms with Crippen molar-refractivity contribution in [1.82, 2.24) is 25.1 Å². The van der Waals surface area contributed by atoms with Gasteiger partial charge < -0.3 is 20.3 Å². The molecule has 1 aromatic heterocycles. The molecule has 1 aliphatic rings. The van der Waals surface area contributed by atoms with Crippen LogP contribution in [-0.2, 0) is 4.74 Å². The van der Waals surface area contributed by atoms with Gasteiger partial charge in [0.2, 0.25) is 5.95 Å². The van der Waals surface area contributed by atoms with Gasteiger partial charge in [-0.15, -0.1) is 0 Å². The molecule has 0 aliphatic carbocycles. The lowest BCUT2D eigenvalue weighted by Crippen LogP contribution is -2.41. The van der Waals surface area contributed by atoms with Gasteiger partial charge in [0.25, 0.3) is 5.91 Å². The smallest absolute Gasteiger partial charge is 0.254 e. The number of carbonyl (C=O) groups excluding carboxylic acids is 1. The Bertz CT molecular complexity index is 488. The van der Waals surface area contributed by atoms with E-state index in [9.17, 15) is 4.79 Å². The largest absolute Gasteiger partial charge is 0.379 e. The summed E-state index contributed by atoms with van der Waals surface area (Å²) in [4.78, 5) is 24.9. The molecule has 1 saturated heterocycles. The second-order valence-electron chi connectivity index (χ2n) is 6.09. The fourth-order valence-corrected chi connectivity index (χ4v) is 2.39. The lowest BCUT2D eigenvalue weighted by molar-refractivity contribution is 0.0383. The number of hydrogen-bond acceptors (Lipinski definition) is 7. The number of carbonyl (C=O) groups is 1. The van der Waals surface area contributed by atoms with Crippen molar-refractivity contribution in [3.63, 3.8) is 0 Å². The van der Waals surface area contributed by atoms with Crippen LogP contribution < -0.4 is 10.6 Å². The normalized spacial score (nSPS) is 15.5.